The third-order valence-electron chi connectivity index (χ3n) is 2.21. The molecular weight excluding hydrogens is 238 g/mol. The van der Waals surface area contributed by atoms with Gasteiger partial charge in [0.05, 0.1) is 11.5 Å². The van der Waals surface area contributed by atoms with Gasteiger partial charge in [0, 0.05) is 12.2 Å². The molecular formula is C8H10ClN3O2S. The molecule has 1 N–H and O–H groups in total. The maximum atomic E-state index is 11.2. The molecule has 1 aliphatic rings. The van der Waals surface area contributed by atoms with Gasteiger partial charge >= 0.3 is 0 Å². The predicted molar refractivity (Wildman–Crippen MR) is 57.7 cm³/mol. The smallest absolute Gasteiger partial charge is 0.224 e. The summed E-state index contributed by atoms with van der Waals surface area (Å²) in [6, 6.07) is 1.59. The maximum absolute atomic E-state index is 11.2. The van der Waals surface area contributed by atoms with Crippen LogP contribution in [0.1, 0.15) is 6.42 Å². The van der Waals surface area contributed by atoms with Gasteiger partial charge in [-0.2, -0.15) is 0 Å². The first kappa shape index (κ1) is 10.6. The lowest BCUT2D eigenvalue weighted by Crippen LogP contribution is -2.21. The molecule has 0 saturated carbocycles. The average molecular weight is 248 g/mol. The Balaban J connectivity index is 2.05. The first-order valence-electron chi connectivity index (χ1n) is 4.51. The molecule has 1 unspecified atom stereocenters. The molecule has 1 aliphatic heterocycles. The molecule has 1 atom stereocenters. The fraction of sp³-hybridized carbons (Fsp3) is 0.500. The highest BCUT2D eigenvalue weighted by Gasteiger charge is 2.27. The number of halogens is 1. The zero-order valence-corrected chi connectivity index (χ0v) is 9.42. The average Bonchev–Trinajstić information content (AvgIpc) is 2.45. The number of hydrogen-bond donors (Lipinski definition) is 1. The summed E-state index contributed by atoms with van der Waals surface area (Å²) in [6.45, 7) is 0. The molecule has 2 rings (SSSR count). The van der Waals surface area contributed by atoms with Crippen LogP contribution in [0.15, 0.2) is 12.3 Å². The van der Waals surface area contributed by atoms with Crippen LogP contribution >= 0.6 is 11.6 Å². The summed E-state index contributed by atoms with van der Waals surface area (Å²) < 4.78 is 22.4. The van der Waals surface area contributed by atoms with Crippen LogP contribution in [0.5, 0.6) is 0 Å². The fourth-order valence-corrected chi connectivity index (χ4v) is 3.35. The van der Waals surface area contributed by atoms with Crippen molar-refractivity contribution in [1.29, 1.82) is 0 Å². The van der Waals surface area contributed by atoms with Crippen molar-refractivity contribution in [2.45, 2.75) is 12.5 Å². The van der Waals surface area contributed by atoms with Crippen LogP contribution in [0.2, 0.25) is 5.28 Å². The summed E-state index contributed by atoms with van der Waals surface area (Å²) >= 11 is 5.61. The largest absolute Gasteiger partial charge is 0.366 e. The minimum atomic E-state index is -2.86. The second-order valence-electron chi connectivity index (χ2n) is 3.46. The normalized spacial score (nSPS) is 23.9. The molecule has 7 heteroatoms. The van der Waals surface area contributed by atoms with E-state index in [1.165, 1.54) is 6.20 Å². The number of sulfone groups is 1. The summed E-state index contributed by atoms with van der Waals surface area (Å²) in [5, 5.41) is 3.18. The van der Waals surface area contributed by atoms with Crippen molar-refractivity contribution in [1.82, 2.24) is 9.97 Å². The number of nitrogens with one attached hydrogen (secondary N) is 1. The summed E-state index contributed by atoms with van der Waals surface area (Å²) in [4.78, 5) is 7.67. The van der Waals surface area contributed by atoms with Crippen LogP contribution in [-0.2, 0) is 9.84 Å². The third-order valence-corrected chi connectivity index (χ3v) is 4.16. The Morgan fingerprint density at radius 2 is 2.33 bits per heavy atom. The van der Waals surface area contributed by atoms with E-state index in [0.29, 0.717) is 12.2 Å². The van der Waals surface area contributed by atoms with Crippen LogP contribution < -0.4 is 5.32 Å². The minimum Gasteiger partial charge on any atom is -0.366 e. The van der Waals surface area contributed by atoms with Crippen molar-refractivity contribution in [2.24, 2.45) is 0 Å². The minimum absolute atomic E-state index is 0.0685. The zero-order valence-electron chi connectivity index (χ0n) is 7.85. The van der Waals surface area contributed by atoms with Crippen molar-refractivity contribution >= 4 is 27.3 Å². The van der Waals surface area contributed by atoms with Gasteiger partial charge in [0.1, 0.15) is 5.82 Å². The molecule has 15 heavy (non-hydrogen) atoms. The van der Waals surface area contributed by atoms with Crippen LogP contribution in [-0.4, -0.2) is 35.9 Å². The molecule has 5 nitrogen and oxygen atoms in total. The van der Waals surface area contributed by atoms with Gasteiger partial charge in [0.15, 0.2) is 9.84 Å². The van der Waals surface area contributed by atoms with E-state index >= 15 is 0 Å². The molecule has 0 aromatic carbocycles. The monoisotopic (exact) mass is 247 g/mol. The molecule has 0 spiro atoms. The molecule has 1 saturated heterocycles. The Kier molecular flexibility index (Phi) is 2.79. The van der Waals surface area contributed by atoms with Gasteiger partial charge in [-0.05, 0) is 24.1 Å². The molecule has 82 valence electrons. The van der Waals surface area contributed by atoms with Crippen LogP contribution in [0.4, 0.5) is 5.82 Å². The van der Waals surface area contributed by atoms with E-state index in [9.17, 15) is 8.42 Å². The molecule has 0 bridgehead atoms. The van der Waals surface area contributed by atoms with E-state index in [1.54, 1.807) is 6.07 Å². The first-order chi connectivity index (χ1) is 7.05. The Hall–Kier alpha value is -0.880. The van der Waals surface area contributed by atoms with Gasteiger partial charge < -0.3 is 5.32 Å². The number of rotatable bonds is 2. The molecule has 0 amide bonds. The standard InChI is InChI=1S/C8H10ClN3O2S/c9-8-10-3-1-7(12-8)11-6-2-4-15(13,14)5-6/h1,3,6H,2,4-5H2,(H,10,11,12). The summed E-state index contributed by atoms with van der Waals surface area (Å²) in [5.74, 6) is 0.968. The van der Waals surface area contributed by atoms with Gasteiger partial charge in [-0.1, -0.05) is 0 Å². The van der Waals surface area contributed by atoms with E-state index in [1.807, 2.05) is 0 Å². The lowest BCUT2D eigenvalue weighted by Gasteiger charge is -2.10. The topological polar surface area (TPSA) is 72.0 Å². The van der Waals surface area contributed by atoms with E-state index in [4.69, 9.17) is 11.6 Å². The molecule has 2 heterocycles. The Labute approximate surface area is 92.8 Å². The second-order valence-corrected chi connectivity index (χ2v) is 6.02. The highest BCUT2D eigenvalue weighted by atomic mass is 35.5. The van der Waals surface area contributed by atoms with Crippen LogP contribution in [0.3, 0.4) is 0 Å². The van der Waals surface area contributed by atoms with Crippen LogP contribution in [0.25, 0.3) is 0 Å². The Morgan fingerprint density at radius 1 is 1.53 bits per heavy atom. The van der Waals surface area contributed by atoms with Crippen molar-refractivity contribution in [3.05, 3.63) is 17.5 Å². The van der Waals surface area contributed by atoms with E-state index < -0.39 is 9.84 Å². The summed E-state index contributed by atoms with van der Waals surface area (Å²) in [6.07, 6.45) is 2.14. The van der Waals surface area contributed by atoms with Gasteiger partial charge in [-0.25, -0.2) is 18.4 Å². The van der Waals surface area contributed by atoms with E-state index in [2.05, 4.69) is 15.3 Å². The zero-order chi connectivity index (χ0) is 10.9. The second kappa shape index (κ2) is 3.94. The lowest BCUT2D eigenvalue weighted by molar-refractivity contribution is 0.602. The first-order valence-corrected chi connectivity index (χ1v) is 6.71. The molecule has 1 aromatic heterocycles. The van der Waals surface area contributed by atoms with Crippen LogP contribution in [0, 0.1) is 0 Å². The van der Waals surface area contributed by atoms with Crippen molar-refractivity contribution in [3.63, 3.8) is 0 Å². The van der Waals surface area contributed by atoms with E-state index in [-0.39, 0.29) is 22.8 Å². The van der Waals surface area contributed by atoms with Crippen molar-refractivity contribution in [2.75, 3.05) is 16.8 Å². The highest BCUT2D eigenvalue weighted by molar-refractivity contribution is 7.91. The van der Waals surface area contributed by atoms with Gasteiger partial charge in [-0.15, -0.1) is 0 Å². The van der Waals surface area contributed by atoms with Crippen molar-refractivity contribution in [3.8, 4) is 0 Å². The number of aromatic nitrogens is 2. The molecule has 0 aliphatic carbocycles. The SMILES string of the molecule is O=S1(=O)CCC(Nc2ccnc(Cl)n2)C1. The fourth-order valence-electron chi connectivity index (χ4n) is 1.53. The van der Waals surface area contributed by atoms with Gasteiger partial charge in [0.25, 0.3) is 0 Å². The van der Waals surface area contributed by atoms with E-state index in [0.717, 1.165) is 0 Å². The lowest BCUT2D eigenvalue weighted by atomic mass is 10.2. The summed E-state index contributed by atoms with van der Waals surface area (Å²) in [5.41, 5.74) is 0. The summed E-state index contributed by atoms with van der Waals surface area (Å²) in [7, 11) is -2.86. The van der Waals surface area contributed by atoms with Crippen molar-refractivity contribution < 1.29 is 8.42 Å². The maximum Gasteiger partial charge on any atom is 0.224 e. The molecule has 1 aromatic rings. The quantitative estimate of drug-likeness (QED) is 0.780. The number of nitrogens with zero attached hydrogens (tertiary/aromatic N) is 2. The Bertz CT molecular complexity index is 463. The molecule has 1 fully saturated rings. The van der Waals surface area contributed by atoms with Gasteiger partial charge in [0.2, 0.25) is 5.28 Å². The number of anilines is 1. The Morgan fingerprint density at radius 3 is 2.93 bits per heavy atom. The number of hydrogen-bond acceptors (Lipinski definition) is 5. The predicted octanol–water partition coefficient (Wildman–Crippen LogP) is 0.729. The highest BCUT2D eigenvalue weighted by Crippen LogP contribution is 2.16. The van der Waals surface area contributed by atoms with Gasteiger partial charge in [-0.3, -0.25) is 0 Å². The molecule has 0 radical (unpaired) electrons. The third kappa shape index (κ3) is 2.79.